The Hall–Kier alpha value is -3.29. The third kappa shape index (κ3) is 17.2. The molecule has 0 heterocycles. The summed E-state index contributed by atoms with van der Waals surface area (Å²) in [4.78, 5) is 34.4. The number of ether oxygens (including phenoxy) is 5. The number of carbonyl (C=O) groups is 3. The highest BCUT2D eigenvalue weighted by atomic mass is 16.5. The average molecular weight is 581 g/mol. The summed E-state index contributed by atoms with van der Waals surface area (Å²) >= 11 is 0. The second-order valence-corrected chi connectivity index (χ2v) is 9.31. The summed E-state index contributed by atoms with van der Waals surface area (Å²) in [6.45, 7) is 23.4. The van der Waals surface area contributed by atoms with Crippen LogP contribution in [0, 0.1) is 10.8 Å². The molecular formula is C29H48N4O8. The topological polar surface area (TPSA) is 145 Å². The van der Waals surface area contributed by atoms with Crippen LogP contribution in [0.3, 0.4) is 0 Å². The molecule has 0 aliphatic heterocycles. The molecule has 1 atom stereocenters. The van der Waals surface area contributed by atoms with Crippen LogP contribution in [0.15, 0.2) is 62.9 Å². The fourth-order valence-electron chi connectivity index (χ4n) is 3.22. The third-order valence-corrected chi connectivity index (χ3v) is 6.20. The molecule has 1 unspecified atom stereocenters. The van der Waals surface area contributed by atoms with E-state index in [2.05, 4.69) is 54.2 Å². The molecule has 41 heavy (non-hydrogen) atoms. The predicted octanol–water partition coefficient (Wildman–Crippen LogP) is 1.89. The Balaban J connectivity index is 5.43. The van der Waals surface area contributed by atoms with Gasteiger partial charge in [-0.2, -0.15) is 0 Å². The van der Waals surface area contributed by atoms with Gasteiger partial charge in [0.1, 0.15) is 26.9 Å². The highest BCUT2D eigenvalue weighted by Crippen LogP contribution is 2.28. The number of allylic oxidation sites excluding steroid dienone is 1. The van der Waals surface area contributed by atoms with Crippen molar-refractivity contribution < 1.29 is 38.1 Å². The summed E-state index contributed by atoms with van der Waals surface area (Å²) in [6.07, 6.45) is 6.34. The Morgan fingerprint density at radius 2 is 0.829 bits per heavy atom. The number of rotatable bonds is 27. The van der Waals surface area contributed by atoms with Gasteiger partial charge in [-0.3, -0.25) is 14.4 Å². The molecule has 232 valence electrons. The van der Waals surface area contributed by atoms with Gasteiger partial charge >= 0.3 is 0 Å². The third-order valence-electron chi connectivity index (χ3n) is 6.20. The van der Waals surface area contributed by atoms with E-state index in [1.807, 2.05) is 13.8 Å². The molecule has 0 saturated carbocycles. The van der Waals surface area contributed by atoms with Crippen molar-refractivity contribution in [2.24, 2.45) is 10.8 Å². The molecule has 0 radical (unpaired) electrons. The fraction of sp³-hybridized carbons (Fsp3) is 0.552. The van der Waals surface area contributed by atoms with E-state index < -0.39 is 10.8 Å². The normalized spacial score (nSPS) is 12.3. The van der Waals surface area contributed by atoms with Crippen LogP contribution in [-0.2, 0) is 38.1 Å². The lowest BCUT2D eigenvalue weighted by molar-refractivity contribution is -0.126. The molecular weight excluding hydrogens is 532 g/mol. The average Bonchev–Trinajstić information content (AvgIpc) is 3.00. The maximum atomic E-state index is 11.5. The minimum Gasteiger partial charge on any atom is -0.380 e. The van der Waals surface area contributed by atoms with Gasteiger partial charge in [0.15, 0.2) is 0 Å². The molecule has 0 bridgehead atoms. The zero-order valence-electron chi connectivity index (χ0n) is 24.6. The molecule has 12 heteroatoms. The van der Waals surface area contributed by atoms with E-state index in [-0.39, 0.29) is 77.7 Å². The standard InChI is InChI=1S/C29H48N4O8/c1-8-24(7)30-20-38-16-28(12-5,17-39-21-31-25(34)9-2)14-37-15-29(13-6,18-40-22-32-26(35)10-3)19-41-23-33-27(36)11-4/h8-11,30H,1-4,7,12-23H2,5-6H3,(H,31,34)(H,32,35)(H,33,36). The van der Waals surface area contributed by atoms with Gasteiger partial charge in [-0.05, 0) is 37.1 Å². The number of nitrogens with one attached hydrogen (secondary N) is 4. The molecule has 0 fully saturated rings. The lowest BCUT2D eigenvalue weighted by Gasteiger charge is -2.36. The molecule has 0 rings (SSSR count). The Bertz CT molecular complexity index is 738. The van der Waals surface area contributed by atoms with Crippen LogP contribution in [0.2, 0.25) is 0 Å². The van der Waals surface area contributed by atoms with Gasteiger partial charge in [-0.15, -0.1) is 0 Å². The molecule has 0 spiro atoms. The number of amides is 3. The number of carbonyl (C=O) groups excluding carboxylic acids is 3. The summed E-state index contributed by atoms with van der Waals surface area (Å²) in [5.74, 6) is -1.04. The van der Waals surface area contributed by atoms with Gasteiger partial charge in [0.25, 0.3) is 0 Å². The Kier molecular flexibility index (Phi) is 20.6. The Labute approximate surface area is 244 Å². The molecule has 0 aliphatic carbocycles. The van der Waals surface area contributed by atoms with Gasteiger partial charge < -0.3 is 45.0 Å². The fourth-order valence-corrected chi connectivity index (χ4v) is 3.22. The number of hydrogen-bond acceptors (Lipinski definition) is 9. The van der Waals surface area contributed by atoms with Gasteiger partial charge in [-0.25, -0.2) is 0 Å². The summed E-state index contributed by atoms with van der Waals surface area (Å²) < 4.78 is 29.3. The molecule has 0 saturated heterocycles. The monoisotopic (exact) mass is 580 g/mol. The van der Waals surface area contributed by atoms with Crippen molar-refractivity contribution in [2.75, 3.05) is 66.6 Å². The summed E-state index contributed by atoms with van der Waals surface area (Å²) in [5.41, 5.74) is -0.513. The SMILES string of the molecule is C=CC(=C)NCOCC(CC)(COCNC(=O)C=C)COCC(CC)(COCNC(=O)C=C)COCNC(=O)C=C. The first-order valence-corrected chi connectivity index (χ1v) is 13.3. The van der Waals surface area contributed by atoms with E-state index in [4.69, 9.17) is 23.7 Å². The van der Waals surface area contributed by atoms with Crippen molar-refractivity contribution >= 4 is 17.7 Å². The van der Waals surface area contributed by atoms with Crippen molar-refractivity contribution in [3.05, 3.63) is 62.9 Å². The molecule has 0 aliphatic rings. The largest absolute Gasteiger partial charge is 0.380 e. The van der Waals surface area contributed by atoms with Gasteiger partial charge in [0.2, 0.25) is 17.7 Å². The molecule has 0 aromatic heterocycles. The van der Waals surface area contributed by atoms with E-state index in [9.17, 15) is 14.4 Å². The summed E-state index contributed by atoms with van der Waals surface area (Å²) in [7, 11) is 0. The molecule has 3 amide bonds. The van der Waals surface area contributed by atoms with Crippen LogP contribution >= 0.6 is 0 Å². The molecule has 0 aromatic carbocycles. The Morgan fingerprint density at radius 3 is 1.10 bits per heavy atom. The van der Waals surface area contributed by atoms with Gasteiger partial charge in [0.05, 0.1) is 39.6 Å². The highest BCUT2D eigenvalue weighted by molar-refractivity contribution is 5.87. The first kappa shape index (κ1) is 37.7. The Morgan fingerprint density at radius 1 is 0.537 bits per heavy atom. The highest BCUT2D eigenvalue weighted by Gasteiger charge is 2.34. The zero-order chi connectivity index (χ0) is 31.0. The lowest BCUT2D eigenvalue weighted by atomic mass is 9.86. The first-order chi connectivity index (χ1) is 19.6. The van der Waals surface area contributed by atoms with E-state index in [0.717, 1.165) is 12.2 Å². The van der Waals surface area contributed by atoms with E-state index in [1.165, 1.54) is 6.08 Å². The van der Waals surface area contributed by atoms with Crippen molar-refractivity contribution in [3.63, 3.8) is 0 Å². The zero-order valence-corrected chi connectivity index (χ0v) is 24.6. The minimum atomic E-state index is -0.597. The van der Waals surface area contributed by atoms with Gasteiger partial charge in [-0.1, -0.05) is 46.7 Å². The smallest absolute Gasteiger partial charge is 0.245 e. The van der Waals surface area contributed by atoms with E-state index in [1.54, 1.807) is 6.08 Å². The second kappa shape index (κ2) is 22.4. The van der Waals surface area contributed by atoms with Crippen molar-refractivity contribution in [3.8, 4) is 0 Å². The molecule has 0 aromatic rings. The maximum absolute atomic E-state index is 11.5. The molecule has 4 N–H and O–H groups in total. The van der Waals surface area contributed by atoms with E-state index in [0.29, 0.717) is 25.1 Å². The predicted molar refractivity (Wildman–Crippen MR) is 157 cm³/mol. The van der Waals surface area contributed by atoms with Gasteiger partial charge in [0, 0.05) is 16.5 Å². The molecule has 12 nitrogen and oxygen atoms in total. The lowest BCUT2D eigenvalue weighted by Crippen LogP contribution is -2.43. The quantitative estimate of drug-likeness (QED) is 0.0495. The van der Waals surface area contributed by atoms with Crippen molar-refractivity contribution in [2.45, 2.75) is 26.7 Å². The van der Waals surface area contributed by atoms with Crippen LogP contribution in [0.4, 0.5) is 0 Å². The second-order valence-electron chi connectivity index (χ2n) is 9.31. The maximum Gasteiger partial charge on any atom is 0.245 e. The van der Waals surface area contributed by atoms with E-state index >= 15 is 0 Å². The van der Waals surface area contributed by atoms with Crippen LogP contribution in [0.1, 0.15) is 26.7 Å². The first-order valence-electron chi connectivity index (χ1n) is 13.3. The van der Waals surface area contributed by atoms with Crippen LogP contribution in [-0.4, -0.2) is 84.3 Å². The van der Waals surface area contributed by atoms with Crippen LogP contribution in [0.5, 0.6) is 0 Å². The van der Waals surface area contributed by atoms with Crippen molar-refractivity contribution in [1.29, 1.82) is 0 Å². The number of hydrogen-bond donors (Lipinski definition) is 4. The van der Waals surface area contributed by atoms with Crippen LogP contribution in [0.25, 0.3) is 0 Å². The summed E-state index contributed by atoms with van der Waals surface area (Å²) in [5, 5.41) is 10.7. The minimum absolute atomic E-state index is 0.00551. The van der Waals surface area contributed by atoms with Crippen LogP contribution < -0.4 is 21.3 Å². The van der Waals surface area contributed by atoms with Crippen molar-refractivity contribution in [1.82, 2.24) is 21.3 Å². The summed E-state index contributed by atoms with van der Waals surface area (Å²) in [6, 6.07) is 0.